The molecule has 0 aliphatic rings. The van der Waals surface area contributed by atoms with Gasteiger partial charge in [-0.25, -0.2) is 0 Å². The van der Waals surface area contributed by atoms with Gasteiger partial charge >= 0.3 is 0 Å². The molecule has 3 nitrogen and oxygen atoms in total. The molecule has 0 spiro atoms. The molecular weight excluding hydrogens is 224 g/mol. The van der Waals surface area contributed by atoms with Gasteiger partial charge in [-0.05, 0) is 18.2 Å². The number of para-hydroxylation sites is 2. The Balaban J connectivity index is 1.87. The molecule has 0 aliphatic heterocycles. The highest BCUT2D eigenvalue weighted by Crippen LogP contribution is 2.19. The Morgan fingerprint density at radius 1 is 1.00 bits per heavy atom. The number of hydrogen-bond acceptors (Lipinski definition) is 2. The molecule has 3 heteroatoms. The number of benzene rings is 2. The first-order chi connectivity index (χ1) is 8.84. The number of rotatable bonds is 3. The van der Waals surface area contributed by atoms with Gasteiger partial charge in [-0.15, -0.1) is 0 Å². The first-order valence-corrected chi connectivity index (χ1v) is 5.93. The van der Waals surface area contributed by atoms with E-state index in [0.29, 0.717) is 6.61 Å². The molecule has 0 amide bonds. The summed E-state index contributed by atoms with van der Waals surface area (Å²) >= 11 is 0. The van der Waals surface area contributed by atoms with Crippen molar-refractivity contribution in [2.24, 2.45) is 7.05 Å². The van der Waals surface area contributed by atoms with E-state index in [-0.39, 0.29) is 0 Å². The van der Waals surface area contributed by atoms with Gasteiger partial charge < -0.3 is 4.74 Å². The molecule has 2 aromatic carbocycles. The fourth-order valence-electron chi connectivity index (χ4n) is 2.06. The Labute approximate surface area is 106 Å². The maximum atomic E-state index is 5.74. The summed E-state index contributed by atoms with van der Waals surface area (Å²) in [5.41, 5.74) is 2.10. The lowest BCUT2D eigenvalue weighted by Crippen LogP contribution is -1.98. The SMILES string of the molecule is Cn1nc(COc2ccccc2)c2ccccc21. The fraction of sp³-hybridized carbons (Fsp3) is 0.133. The van der Waals surface area contributed by atoms with Crippen LogP contribution in [0.15, 0.2) is 54.6 Å². The molecule has 0 N–H and O–H groups in total. The summed E-state index contributed by atoms with van der Waals surface area (Å²) in [6.07, 6.45) is 0. The van der Waals surface area contributed by atoms with Crippen molar-refractivity contribution >= 4 is 10.9 Å². The quantitative estimate of drug-likeness (QED) is 0.701. The number of nitrogens with zero attached hydrogens (tertiary/aromatic N) is 2. The third-order valence-electron chi connectivity index (χ3n) is 2.95. The molecule has 0 saturated carbocycles. The van der Waals surface area contributed by atoms with E-state index >= 15 is 0 Å². The summed E-state index contributed by atoms with van der Waals surface area (Å²) in [5, 5.41) is 5.65. The molecule has 1 heterocycles. The van der Waals surface area contributed by atoms with Crippen LogP contribution in [0.1, 0.15) is 5.69 Å². The Bertz CT molecular complexity index is 659. The van der Waals surface area contributed by atoms with Gasteiger partial charge in [0, 0.05) is 12.4 Å². The van der Waals surface area contributed by atoms with Crippen molar-refractivity contribution in [3.8, 4) is 5.75 Å². The molecule has 18 heavy (non-hydrogen) atoms. The van der Waals surface area contributed by atoms with Crippen LogP contribution in [-0.4, -0.2) is 9.78 Å². The van der Waals surface area contributed by atoms with Gasteiger partial charge in [-0.3, -0.25) is 4.68 Å². The van der Waals surface area contributed by atoms with E-state index in [1.54, 1.807) is 0 Å². The van der Waals surface area contributed by atoms with E-state index in [4.69, 9.17) is 4.74 Å². The molecular formula is C15H14N2O. The summed E-state index contributed by atoms with van der Waals surface area (Å²) in [6, 6.07) is 18.0. The molecule has 0 bridgehead atoms. The predicted octanol–water partition coefficient (Wildman–Crippen LogP) is 3.15. The number of ether oxygens (including phenoxy) is 1. The van der Waals surface area contributed by atoms with Crippen molar-refractivity contribution < 1.29 is 4.74 Å². The highest BCUT2D eigenvalue weighted by Gasteiger charge is 2.07. The van der Waals surface area contributed by atoms with Crippen molar-refractivity contribution in [3.05, 3.63) is 60.3 Å². The molecule has 90 valence electrons. The minimum Gasteiger partial charge on any atom is -0.487 e. The summed E-state index contributed by atoms with van der Waals surface area (Å²) in [7, 11) is 1.95. The normalized spacial score (nSPS) is 10.7. The molecule has 3 aromatic rings. The zero-order valence-corrected chi connectivity index (χ0v) is 10.2. The van der Waals surface area contributed by atoms with Crippen molar-refractivity contribution in [1.82, 2.24) is 9.78 Å². The minimum atomic E-state index is 0.491. The van der Waals surface area contributed by atoms with Gasteiger partial charge in [0.1, 0.15) is 18.1 Å². The van der Waals surface area contributed by atoms with Gasteiger partial charge in [0.05, 0.1) is 5.52 Å². The van der Waals surface area contributed by atoms with Gasteiger partial charge in [0.15, 0.2) is 0 Å². The Hall–Kier alpha value is -2.29. The van der Waals surface area contributed by atoms with Gasteiger partial charge in [0.2, 0.25) is 0 Å². The zero-order chi connectivity index (χ0) is 12.4. The number of fused-ring (bicyclic) bond motifs is 1. The van der Waals surface area contributed by atoms with E-state index in [2.05, 4.69) is 17.2 Å². The van der Waals surface area contributed by atoms with E-state index in [0.717, 1.165) is 22.3 Å². The maximum absolute atomic E-state index is 5.74. The van der Waals surface area contributed by atoms with Crippen LogP contribution in [0.4, 0.5) is 0 Å². The van der Waals surface area contributed by atoms with E-state index < -0.39 is 0 Å². The molecule has 0 unspecified atom stereocenters. The van der Waals surface area contributed by atoms with Crippen LogP contribution in [0.3, 0.4) is 0 Å². The van der Waals surface area contributed by atoms with Crippen LogP contribution in [0.5, 0.6) is 5.75 Å². The summed E-state index contributed by atoms with van der Waals surface area (Å²) in [6.45, 7) is 0.491. The smallest absolute Gasteiger partial charge is 0.133 e. The average Bonchev–Trinajstić information content (AvgIpc) is 2.75. The van der Waals surface area contributed by atoms with E-state index in [9.17, 15) is 0 Å². The van der Waals surface area contributed by atoms with Crippen molar-refractivity contribution in [2.45, 2.75) is 6.61 Å². The molecule has 0 atom stereocenters. The van der Waals surface area contributed by atoms with Crippen molar-refractivity contribution in [2.75, 3.05) is 0 Å². The Kier molecular flexibility index (Phi) is 2.73. The van der Waals surface area contributed by atoms with Gasteiger partial charge in [-0.1, -0.05) is 36.4 Å². The van der Waals surface area contributed by atoms with Crippen molar-refractivity contribution in [1.29, 1.82) is 0 Å². The van der Waals surface area contributed by atoms with Crippen LogP contribution >= 0.6 is 0 Å². The highest BCUT2D eigenvalue weighted by atomic mass is 16.5. The van der Waals surface area contributed by atoms with Crippen LogP contribution in [-0.2, 0) is 13.7 Å². The Morgan fingerprint density at radius 3 is 2.56 bits per heavy atom. The molecule has 1 aromatic heterocycles. The zero-order valence-electron chi connectivity index (χ0n) is 10.2. The first-order valence-electron chi connectivity index (χ1n) is 5.93. The van der Waals surface area contributed by atoms with Gasteiger partial charge in [0.25, 0.3) is 0 Å². The minimum absolute atomic E-state index is 0.491. The second-order valence-corrected chi connectivity index (χ2v) is 4.19. The lowest BCUT2D eigenvalue weighted by Gasteiger charge is -2.03. The largest absolute Gasteiger partial charge is 0.487 e. The fourth-order valence-corrected chi connectivity index (χ4v) is 2.06. The Morgan fingerprint density at radius 2 is 1.72 bits per heavy atom. The second kappa shape index (κ2) is 4.53. The molecule has 0 saturated heterocycles. The topological polar surface area (TPSA) is 27.1 Å². The lowest BCUT2D eigenvalue weighted by atomic mass is 10.2. The predicted molar refractivity (Wildman–Crippen MR) is 71.5 cm³/mol. The summed E-state index contributed by atoms with van der Waals surface area (Å²) in [4.78, 5) is 0. The molecule has 0 aliphatic carbocycles. The standard InChI is InChI=1S/C15H14N2O/c1-17-15-10-6-5-9-13(15)14(16-17)11-18-12-7-3-2-4-8-12/h2-10H,11H2,1H3. The van der Waals surface area contributed by atoms with E-state index in [1.165, 1.54) is 0 Å². The first kappa shape index (κ1) is 10.8. The molecule has 3 rings (SSSR count). The lowest BCUT2D eigenvalue weighted by molar-refractivity contribution is 0.301. The van der Waals surface area contributed by atoms with Gasteiger partial charge in [-0.2, -0.15) is 5.10 Å². The second-order valence-electron chi connectivity index (χ2n) is 4.19. The van der Waals surface area contributed by atoms with Crippen LogP contribution in [0, 0.1) is 0 Å². The maximum Gasteiger partial charge on any atom is 0.133 e. The van der Waals surface area contributed by atoms with Crippen LogP contribution < -0.4 is 4.74 Å². The third-order valence-corrected chi connectivity index (χ3v) is 2.95. The third kappa shape index (κ3) is 1.95. The number of aryl methyl sites for hydroxylation is 1. The summed E-state index contributed by atoms with van der Waals surface area (Å²) in [5.74, 6) is 0.868. The van der Waals surface area contributed by atoms with E-state index in [1.807, 2.05) is 54.2 Å². The summed E-state index contributed by atoms with van der Waals surface area (Å²) < 4.78 is 7.63. The number of hydrogen-bond donors (Lipinski definition) is 0. The monoisotopic (exact) mass is 238 g/mol. The number of aromatic nitrogens is 2. The van der Waals surface area contributed by atoms with Crippen LogP contribution in [0.2, 0.25) is 0 Å². The average molecular weight is 238 g/mol. The molecule has 0 radical (unpaired) electrons. The van der Waals surface area contributed by atoms with Crippen LogP contribution in [0.25, 0.3) is 10.9 Å². The highest BCUT2D eigenvalue weighted by molar-refractivity contribution is 5.81. The van der Waals surface area contributed by atoms with Crippen molar-refractivity contribution in [3.63, 3.8) is 0 Å². The molecule has 0 fully saturated rings.